The van der Waals surface area contributed by atoms with Crippen molar-refractivity contribution in [3.63, 3.8) is 0 Å². The van der Waals surface area contributed by atoms with E-state index in [2.05, 4.69) is 5.32 Å². The number of nitriles is 1. The summed E-state index contributed by atoms with van der Waals surface area (Å²) in [5, 5.41) is 20.1. The van der Waals surface area contributed by atoms with E-state index in [0.717, 1.165) is 6.92 Å². The molecule has 0 aliphatic carbocycles. The number of nitrogens with zero attached hydrogens (tertiary/aromatic N) is 1. The topological polar surface area (TPSA) is 126 Å². The minimum atomic E-state index is -2.06. The number of esters is 2. The van der Waals surface area contributed by atoms with Gasteiger partial charge in [-0.2, -0.15) is 5.26 Å². The monoisotopic (exact) mass is 300 g/mol. The van der Waals surface area contributed by atoms with Gasteiger partial charge in [0.15, 0.2) is 0 Å². The standard InChI is InChI=1S/C13H20N2O6/c1-4-20-11(18)13(15-9(3)16,12(19)21-5-2)7-6-10(17)8-14/h10,17H,4-7H2,1-3H3,(H,15,16)/t10-/m1/s1. The molecule has 21 heavy (non-hydrogen) atoms. The third-order valence-electron chi connectivity index (χ3n) is 2.58. The molecule has 2 N–H and O–H groups in total. The van der Waals surface area contributed by atoms with Crippen LogP contribution in [0.1, 0.15) is 33.6 Å². The van der Waals surface area contributed by atoms with E-state index in [1.807, 2.05) is 0 Å². The largest absolute Gasteiger partial charge is 0.464 e. The maximum absolute atomic E-state index is 12.1. The summed E-state index contributed by atoms with van der Waals surface area (Å²) in [5.41, 5.74) is -2.06. The smallest absolute Gasteiger partial charge is 0.343 e. The van der Waals surface area contributed by atoms with Crippen molar-refractivity contribution in [1.82, 2.24) is 5.32 Å². The van der Waals surface area contributed by atoms with Crippen molar-refractivity contribution >= 4 is 17.8 Å². The number of hydrogen-bond donors (Lipinski definition) is 2. The Hall–Kier alpha value is -2.14. The normalized spacial score (nSPS) is 12.0. The number of rotatable bonds is 8. The van der Waals surface area contributed by atoms with Crippen molar-refractivity contribution in [3.8, 4) is 6.07 Å². The summed E-state index contributed by atoms with van der Waals surface area (Å²) in [6.07, 6.45) is -1.88. The van der Waals surface area contributed by atoms with E-state index in [9.17, 15) is 19.5 Å². The van der Waals surface area contributed by atoms with E-state index in [-0.39, 0.29) is 26.1 Å². The second-order valence-corrected chi connectivity index (χ2v) is 4.21. The molecule has 0 saturated heterocycles. The third kappa shape index (κ3) is 5.39. The average Bonchev–Trinajstić information content (AvgIpc) is 2.42. The highest BCUT2D eigenvalue weighted by Crippen LogP contribution is 2.19. The van der Waals surface area contributed by atoms with Crippen LogP contribution in [0.5, 0.6) is 0 Å². The van der Waals surface area contributed by atoms with E-state index in [1.54, 1.807) is 19.9 Å². The van der Waals surface area contributed by atoms with Gasteiger partial charge in [-0.1, -0.05) is 0 Å². The lowest BCUT2D eigenvalue weighted by Gasteiger charge is -2.29. The molecule has 1 amide bonds. The van der Waals surface area contributed by atoms with E-state index < -0.39 is 29.5 Å². The summed E-state index contributed by atoms with van der Waals surface area (Å²) in [4.78, 5) is 35.6. The van der Waals surface area contributed by atoms with Crippen molar-refractivity contribution in [3.05, 3.63) is 0 Å². The fraction of sp³-hybridized carbons (Fsp3) is 0.692. The van der Waals surface area contributed by atoms with Gasteiger partial charge in [0, 0.05) is 6.92 Å². The Bertz CT molecular complexity index is 411. The second-order valence-electron chi connectivity index (χ2n) is 4.21. The molecule has 0 saturated carbocycles. The molecule has 0 fully saturated rings. The lowest BCUT2D eigenvalue weighted by atomic mass is 9.91. The molecule has 0 radical (unpaired) electrons. The molecule has 118 valence electrons. The van der Waals surface area contributed by atoms with Crippen LogP contribution in [0.25, 0.3) is 0 Å². The minimum Gasteiger partial charge on any atom is -0.464 e. The highest BCUT2D eigenvalue weighted by Gasteiger charge is 2.49. The maximum atomic E-state index is 12.1. The summed E-state index contributed by atoms with van der Waals surface area (Å²) >= 11 is 0. The van der Waals surface area contributed by atoms with E-state index in [4.69, 9.17) is 14.7 Å². The fourth-order valence-corrected chi connectivity index (χ4v) is 1.68. The number of amides is 1. The predicted molar refractivity (Wildman–Crippen MR) is 70.7 cm³/mol. The van der Waals surface area contributed by atoms with Crippen LogP contribution in [-0.2, 0) is 23.9 Å². The van der Waals surface area contributed by atoms with Gasteiger partial charge in [0.2, 0.25) is 11.4 Å². The highest BCUT2D eigenvalue weighted by atomic mass is 16.6. The Balaban J connectivity index is 5.49. The molecule has 0 bridgehead atoms. The number of ether oxygens (including phenoxy) is 2. The average molecular weight is 300 g/mol. The third-order valence-corrected chi connectivity index (χ3v) is 2.58. The summed E-state index contributed by atoms with van der Waals surface area (Å²) < 4.78 is 9.65. The molecular formula is C13H20N2O6. The zero-order chi connectivity index (χ0) is 16.5. The molecule has 0 unspecified atom stereocenters. The summed E-state index contributed by atoms with van der Waals surface area (Å²) in [6, 6.07) is 1.57. The molecule has 8 heteroatoms. The first kappa shape index (κ1) is 18.9. The van der Waals surface area contributed by atoms with Crippen LogP contribution in [0.2, 0.25) is 0 Å². The predicted octanol–water partition coefficient (Wildman–Crippen LogP) is -0.348. The van der Waals surface area contributed by atoms with Gasteiger partial charge in [0.25, 0.3) is 0 Å². The van der Waals surface area contributed by atoms with Crippen molar-refractivity contribution in [1.29, 1.82) is 5.26 Å². The first-order valence-corrected chi connectivity index (χ1v) is 6.54. The Morgan fingerprint density at radius 2 is 1.71 bits per heavy atom. The van der Waals surface area contributed by atoms with Crippen molar-refractivity contribution in [2.45, 2.75) is 45.3 Å². The Morgan fingerprint density at radius 1 is 1.24 bits per heavy atom. The number of carbonyl (C=O) groups is 3. The lowest BCUT2D eigenvalue weighted by molar-refractivity contribution is -0.168. The van der Waals surface area contributed by atoms with Gasteiger partial charge in [-0.3, -0.25) is 4.79 Å². The second kappa shape index (κ2) is 8.92. The molecule has 0 rings (SSSR count). The van der Waals surface area contributed by atoms with Gasteiger partial charge in [0.1, 0.15) is 6.10 Å². The number of carbonyl (C=O) groups excluding carboxylic acids is 3. The van der Waals surface area contributed by atoms with Gasteiger partial charge < -0.3 is 19.9 Å². The molecule has 0 spiro atoms. The molecule has 1 atom stereocenters. The quantitative estimate of drug-likeness (QED) is 0.356. The number of nitrogens with one attached hydrogen (secondary N) is 1. The molecule has 0 aromatic carbocycles. The Kier molecular flexibility index (Phi) is 8.01. The van der Waals surface area contributed by atoms with E-state index in [1.165, 1.54) is 0 Å². The van der Waals surface area contributed by atoms with Crippen molar-refractivity contribution in [2.24, 2.45) is 0 Å². The first-order valence-electron chi connectivity index (χ1n) is 6.54. The zero-order valence-electron chi connectivity index (χ0n) is 12.3. The lowest BCUT2D eigenvalue weighted by Crippen LogP contribution is -2.61. The molecule has 0 heterocycles. The van der Waals surface area contributed by atoms with Crippen LogP contribution >= 0.6 is 0 Å². The van der Waals surface area contributed by atoms with Gasteiger partial charge in [-0.25, -0.2) is 9.59 Å². The van der Waals surface area contributed by atoms with E-state index in [0.29, 0.717) is 0 Å². The van der Waals surface area contributed by atoms with Crippen molar-refractivity contribution in [2.75, 3.05) is 13.2 Å². The fourth-order valence-electron chi connectivity index (χ4n) is 1.68. The molecule has 0 aliphatic rings. The Morgan fingerprint density at radius 3 is 2.05 bits per heavy atom. The molecular weight excluding hydrogens is 280 g/mol. The van der Waals surface area contributed by atoms with Crippen molar-refractivity contribution < 1.29 is 29.0 Å². The summed E-state index contributed by atoms with van der Waals surface area (Å²) in [6.45, 7) is 4.23. The number of aliphatic hydroxyl groups excluding tert-OH is 1. The minimum absolute atomic E-state index is 0.000374. The van der Waals surface area contributed by atoms with Crippen LogP contribution < -0.4 is 5.32 Å². The summed E-state index contributed by atoms with van der Waals surface area (Å²) in [5.74, 6) is -2.60. The maximum Gasteiger partial charge on any atom is 0.343 e. The molecule has 0 aliphatic heterocycles. The highest BCUT2D eigenvalue weighted by molar-refractivity contribution is 6.07. The number of hydrogen-bond acceptors (Lipinski definition) is 7. The zero-order valence-corrected chi connectivity index (χ0v) is 12.3. The molecule has 0 aromatic heterocycles. The van der Waals surface area contributed by atoms with Gasteiger partial charge in [-0.05, 0) is 26.7 Å². The molecule has 8 nitrogen and oxygen atoms in total. The van der Waals surface area contributed by atoms with Crippen LogP contribution in [0.15, 0.2) is 0 Å². The van der Waals surface area contributed by atoms with Crippen LogP contribution in [0.3, 0.4) is 0 Å². The van der Waals surface area contributed by atoms with Crippen LogP contribution in [0, 0.1) is 11.3 Å². The first-order chi connectivity index (χ1) is 9.83. The van der Waals surface area contributed by atoms with Gasteiger partial charge >= 0.3 is 11.9 Å². The summed E-state index contributed by atoms with van der Waals surface area (Å²) in [7, 11) is 0. The van der Waals surface area contributed by atoms with Crippen LogP contribution in [0.4, 0.5) is 0 Å². The Labute approximate surface area is 123 Å². The SMILES string of the molecule is CCOC(=O)C(CC[C@@H](O)C#N)(NC(C)=O)C(=O)OCC. The van der Waals surface area contributed by atoms with Gasteiger partial charge in [0.05, 0.1) is 19.3 Å². The molecule has 0 aromatic rings. The number of aliphatic hydroxyl groups is 1. The van der Waals surface area contributed by atoms with E-state index >= 15 is 0 Å². The van der Waals surface area contributed by atoms with Gasteiger partial charge in [-0.15, -0.1) is 0 Å². The van der Waals surface area contributed by atoms with Crippen LogP contribution in [-0.4, -0.2) is 47.8 Å².